The topological polar surface area (TPSA) is 55.3 Å². The first-order chi connectivity index (χ1) is 9.72. The minimum Gasteiger partial charge on any atom is -0.472 e. The molecular formula is C14H15N3O2S. The van der Waals surface area contributed by atoms with Crippen LogP contribution in [-0.2, 0) is 0 Å². The zero-order chi connectivity index (χ0) is 13.9. The standard InChI is InChI=1S/C14H15N3O2S/c1-10-6-12(20-8-10)14(18)17-5-3-11(7-17)19-13-2-4-15-9-16-13/h2,4,6,8-9,11H,3,5,7H2,1H3/t11-/m0/s1. The van der Waals surface area contributed by atoms with Crippen LogP contribution in [0.1, 0.15) is 21.7 Å². The van der Waals surface area contributed by atoms with E-state index in [1.807, 2.05) is 23.3 Å². The molecule has 2 aromatic heterocycles. The Labute approximate surface area is 121 Å². The molecular weight excluding hydrogens is 274 g/mol. The lowest BCUT2D eigenvalue weighted by Crippen LogP contribution is -2.30. The number of amides is 1. The molecule has 6 heteroatoms. The van der Waals surface area contributed by atoms with Crippen LogP contribution < -0.4 is 4.74 Å². The second-order valence-electron chi connectivity index (χ2n) is 4.82. The molecule has 0 spiro atoms. The molecule has 1 amide bonds. The summed E-state index contributed by atoms with van der Waals surface area (Å²) >= 11 is 1.50. The first-order valence-electron chi connectivity index (χ1n) is 6.49. The molecule has 0 radical (unpaired) electrons. The van der Waals surface area contributed by atoms with Crippen molar-refractivity contribution in [2.75, 3.05) is 13.1 Å². The smallest absolute Gasteiger partial charge is 0.264 e. The van der Waals surface area contributed by atoms with Gasteiger partial charge in [0.05, 0.1) is 11.4 Å². The van der Waals surface area contributed by atoms with E-state index in [0.29, 0.717) is 12.4 Å². The molecule has 20 heavy (non-hydrogen) atoms. The van der Waals surface area contributed by atoms with Crippen LogP contribution in [-0.4, -0.2) is 40.0 Å². The number of ether oxygens (including phenoxy) is 1. The van der Waals surface area contributed by atoms with Crippen molar-refractivity contribution in [3.05, 3.63) is 40.5 Å². The average Bonchev–Trinajstić information content (AvgIpc) is 3.08. The number of aryl methyl sites for hydroxylation is 1. The number of likely N-dealkylation sites (tertiary alicyclic amines) is 1. The van der Waals surface area contributed by atoms with Crippen molar-refractivity contribution in [3.8, 4) is 5.88 Å². The fourth-order valence-electron chi connectivity index (χ4n) is 2.23. The van der Waals surface area contributed by atoms with Gasteiger partial charge >= 0.3 is 0 Å². The van der Waals surface area contributed by atoms with E-state index in [9.17, 15) is 4.79 Å². The molecule has 0 aromatic carbocycles. The zero-order valence-corrected chi connectivity index (χ0v) is 12.0. The largest absolute Gasteiger partial charge is 0.472 e. The lowest BCUT2D eigenvalue weighted by atomic mass is 10.3. The molecule has 3 heterocycles. The normalized spacial score (nSPS) is 18.2. The maximum Gasteiger partial charge on any atom is 0.264 e. The molecule has 0 bridgehead atoms. The molecule has 3 rings (SSSR count). The number of thiophene rings is 1. The number of carbonyl (C=O) groups excluding carboxylic acids is 1. The highest BCUT2D eigenvalue weighted by Gasteiger charge is 2.29. The second kappa shape index (κ2) is 5.58. The Morgan fingerprint density at radius 2 is 2.45 bits per heavy atom. The molecule has 1 atom stereocenters. The van der Waals surface area contributed by atoms with Gasteiger partial charge in [-0.2, -0.15) is 0 Å². The molecule has 2 aromatic rings. The van der Waals surface area contributed by atoms with E-state index in [1.165, 1.54) is 17.7 Å². The monoisotopic (exact) mass is 289 g/mol. The van der Waals surface area contributed by atoms with Crippen molar-refractivity contribution < 1.29 is 9.53 Å². The van der Waals surface area contributed by atoms with Gasteiger partial charge in [0.15, 0.2) is 0 Å². The first kappa shape index (κ1) is 13.1. The summed E-state index contributed by atoms with van der Waals surface area (Å²) in [7, 11) is 0. The summed E-state index contributed by atoms with van der Waals surface area (Å²) in [5.41, 5.74) is 1.13. The van der Waals surface area contributed by atoms with Crippen LogP contribution in [0.4, 0.5) is 0 Å². The highest BCUT2D eigenvalue weighted by molar-refractivity contribution is 7.12. The predicted molar refractivity (Wildman–Crippen MR) is 76.0 cm³/mol. The molecule has 0 saturated carbocycles. The Bertz CT molecular complexity index is 599. The predicted octanol–water partition coefficient (Wildman–Crippen LogP) is 2.14. The summed E-state index contributed by atoms with van der Waals surface area (Å²) in [6, 6.07) is 3.67. The third-order valence-electron chi connectivity index (χ3n) is 3.22. The summed E-state index contributed by atoms with van der Waals surface area (Å²) < 4.78 is 5.76. The van der Waals surface area contributed by atoms with E-state index >= 15 is 0 Å². The van der Waals surface area contributed by atoms with Gasteiger partial charge in [0.1, 0.15) is 12.4 Å². The minimum absolute atomic E-state index is 0.00918. The highest BCUT2D eigenvalue weighted by atomic mass is 32.1. The first-order valence-corrected chi connectivity index (χ1v) is 7.37. The van der Waals surface area contributed by atoms with E-state index in [2.05, 4.69) is 9.97 Å². The number of hydrogen-bond donors (Lipinski definition) is 0. The van der Waals surface area contributed by atoms with Gasteiger partial charge in [0.2, 0.25) is 5.88 Å². The van der Waals surface area contributed by atoms with E-state index in [-0.39, 0.29) is 12.0 Å². The minimum atomic E-state index is 0.00918. The zero-order valence-electron chi connectivity index (χ0n) is 11.2. The number of carbonyl (C=O) groups is 1. The van der Waals surface area contributed by atoms with Crippen LogP contribution >= 0.6 is 11.3 Å². The van der Waals surface area contributed by atoms with Gasteiger partial charge in [-0.15, -0.1) is 11.3 Å². The van der Waals surface area contributed by atoms with Gasteiger partial charge < -0.3 is 9.64 Å². The fraction of sp³-hybridized carbons (Fsp3) is 0.357. The Kier molecular flexibility index (Phi) is 3.64. The van der Waals surface area contributed by atoms with Gasteiger partial charge in [-0.25, -0.2) is 9.97 Å². The summed E-state index contributed by atoms with van der Waals surface area (Å²) in [5.74, 6) is 0.656. The maximum absolute atomic E-state index is 12.3. The molecule has 1 aliphatic rings. The molecule has 1 fully saturated rings. The van der Waals surface area contributed by atoms with Gasteiger partial charge in [0.25, 0.3) is 5.91 Å². The third-order valence-corrected chi connectivity index (χ3v) is 4.25. The summed E-state index contributed by atoms with van der Waals surface area (Å²) in [6.45, 7) is 3.34. The summed E-state index contributed by atoms with van der Waals surface area (Å²) in [5, 5.41) is 2.00. The van der Waals surface area contributed by atoms with Crippen molar-refractivity contribution in [2.24, 2.45) is 0 Å². The Hall–Kier alpha value is -1.95. The lowest BCUT2D eigenvalue weighted by molar-refractivity contribution is 0.0776. The maximum atomic E-state index is 12.3. The molecule has 104 valence electrons. The van der Waals surface area contributed by atoms with Gasteiger partial charge in [-0.3, -0.25) is 4.79 Å². The Balaban J connectivity index is 1.61. The molecule has 1 saturated heterocycles. The van der Waals surface area contributed by atoms with Crippen molar-refractivity contribution in [1.82, 2.24) is 14.9 Å². The van der Waals surface area contributed by atoms with Crippen LogP contribution in [0, 0.1) is 6.92 Å². The number of rotatable bonds is 3. The van der Waals surface area contributed by atoms with Gasteiger partial charge in [-0.1, -0.05) is 0 Å². The van der Waals surface area contributed by atoms with Crippen LogP contribution in [0.3, 0.4) is 0 Å². The molecule has 0 N–H and O–H groups in total. The second-order valence-corrected chi connectivity index (χ2v) is 5.73. The van der Waals surface area contributed by atoms with E-state index in [4.69, 9.17) is 4.74 Å². The van der Waals surface area contributed by atoms with Crippen molar-refractivity contribution in [1.29, 1.82) is 0 Å². The van der Waals surface area contributed by atoms with Crippen LogP contribution in [0.15, 0.2) is 30.0 Å². The Morgan fingerprint density at radius 3 is 3.15 bits per heavy atom. The lowest BCUT2D eigenvalue weighted by Gasteiger charge is -2.16. The van der Waals surface area contributed by atoms with Crippen LogP contribution in [0.25, 0.3) is 0 Å². The SMILES string of the molecule is Cc1csc(C(=O)N2CC[C@H](Oc3ccncn3)C2)c1. The third kappa shape index (κ3) is 2.80. The highest BCUT2D eigenvalue weighted by Crippen LogP contribution is 2.21. The quantitative estimate of drug-likeness (QED) is 0.868. The van der Waals surface area contributed by atoms with E-state index < -0.39 is 0 Å². The summed E-state index contributed by atoms with van der Waals surface area (Å²) in [6.07, 6.45) is 3.95. The van der Waals surface area contributed by atoms with E-state index in [0.717, 1.165) is 23.4 Å². The van der Waals surface area contributed by atoms with E-state index in [1.54, 1.807) is 12.3 Å². The number of aromatic nitrogens is 2. The number of hydrogen-bond acceptors (Lipinski definition) is 5. The average molecular weight is 289 g/mol. The molecule has 0 aliphatic carbocycles. The van der Waals surface area contributed by atoms with Crippen LogP contribution in [0.2, 0.25) is 0 Å². The summed E-state index contributed by atoms with van der Waals surface area (Å²) in [4.78, 5) is 22.8. The Morgan fingerprint density at radius 1 is 1.55 bits per heavy atom. The van der Waals surface area contributed by atoms with Gasteiger partial charge in [0, 0.05) is 25.2 Å². The fourth-order valence-corrected chi connectivity index (χ4v) is 3.09. The van der Waals surface area contributed by atoms with Crippen molar-refractivity contribution >= 4 is 17.2 Å². The van der Waals surface area contributed by atoms with Crippen molar-refractivity contribution in [2.45, 2.75) is 19.4 Å². The molecule has 1 aliphatic heterocycles. The van der Waals surface area contributed by atoms with Gasteiger partial charge in [-0.05, 0) is 23.9 Å². The molecule has 0 unspecified atom stereocenters. The molecule has 5 nitrogen and oxygen atoms in total. The van der Waals surface area contributed by atoms with Crippen molar-refractivity contribution in [3.63, 3.8) is 0 Å². The van der Waals surface area contributed by atoms with Crippen LogP contribution in [0.5, 0.6) is 5.88 Å². The number of nitrogens with zero attached hydrogens (tertiary/aromatic N) is 3.